The Labute approximate surface area is 174 Å². The molecule has 0 spiro atoms. The number of nitrogens with one attached hydrogen (secondary N) is 2. The minimum atomic E-state index is -0.452. The molecule has 3 aromatic rings. The fraction of sp³-hybridized carbons (Fsp3) is 0.105. The number of carbonyl (C=O) groups is 2. The third-order valence-electron chi connectivity index (χ3n) is 3.52. The van der Waals surface area contributed by atoms with E-state index in [9.17, 15) is 9.59 Å². The normalized spacial score (nSPS) is 10.3. The predicted octanol–water partition coefficient (Wildman–Crippen LogP) is 3.56. The molecule has 2 N–H and O–H groups in total. The lowest BCUT2D eigenvalue weighted by Gasteiger charge is -2.08. The molecule has 0 bridgehead atoms. The van der Waals surface area contributed by atoms with Gasteiger partial charge in [0.1, 0.15) is 15.6 Å². The van der Waals surface area contributed by atoms with E-state index in [1.807, 2.05) is 42.5 Å². The zero-order valence-corrected chi connectivity index (χ0v) is 17.3. The highest BCUT2D eigenvalue weighted by molar-refractivity contribution is 14.1. The third-order valence-corrected chi connectivity index (χ3v) is 5.45. The maximum atomic E-state index is 12.3. The number of ether oxygens (including phenoxy) is 1. The summed E-state index contributed by atoms with van der Waals surface area (Å²) >= 11 is 3.46. The quantitative estimate of drug-likeness (QED) is 0.421. The molecule has 2 aromatic carbocycles. The molecule has 0 aliphatic carbocycles. The van der Waals surface area contributed by atoms with E-state index in [4.69, 9.17) is 4.74 Å². The number of amides is 2. The molecule has 0 unspecified atom stereocenters. The molecule has 0 saturated carbocycles. The summed E-state index contributed by atoms with van der Waals surface area (Å²) in [6, 6.07) is 16.9. The van der Waals surface area contributed by atoms with Gasteiger partial charge in [-0.2, -0.15) is 0 Å². The summed E-state index contributed by atoms with van der Waals surface area (Å²) in [4.78, 5) is 29.1. The molecule has 0 aliphatic heterocycles. The molecule has 3 rings (SSSR count). The highest BCUT2D eigenvalue weighted by Gasteiger charge is 2.16. The van der Waals surface area contributed by atoms with E-state index in [-0.39, 0.29) is 6.61 Å². The third kappa shape index (κ3) is 5.27. The maximum Gasteiger partial charge on any atom is 0.281 e. The van der Waals surface area contributed by atoms with Gasteiger partial charge in [0.05, 0.1) is 5.69 Å². The molecule has 0 aliphatic rings. The summed E-state index contributed by atoms with van der Waals surface area (Å²) in [6.07, 6.45) is 0. The van der Waals surface area contributed by atoms with Crippen LogP contribution in [-0.2, 0) is 4.79 Å². The van der Waals surface area contributed by atoms with Gasteiger partial charge in [0.15, 0.2) is 6.61 Å². The van der Waals surface area contributed by atoms with Crippen LogP contribution in [0.15, 0.2) is 54.6 Å². The zero-order chi connectivity index (χ0) is 19.2. The van der Waals surface area contributed by atoms with Crippen LogP contribution in [0.5, 0.6) is 5.75 Å². The van der Waals surface area contributed by atoms with E-state index in [0.717, 1.165) is 14.1 Å². The minimum Gasteiger partial charge on any atom is -0.484 e. The lowest BCUT2D eigenvalue weighted by Crippen LogP contribution is -2.43. The first kappa shape index (κ1) is 19.3. The first-order valence-electron chi connectivity index (χ1n) is 8.03. The van der Waals surface area contributed by atoms with Crippen LogP contribution >= 0.6 is 33.9 Å². The largest absolute Gasteiger partial charge is 0.484 e. The Morgan fingerprint density at radius 2 is 1.78 bits per heavy atom. The number of hydrazine groups is 1. The van der Waals surface area contributed by atoms with Crippen molar-refractivity contribution < 1.29 is 14.3 Å². The Hall–Kier alpha value is -2.46. The first-order valence-corrected chi connectivity index (χ1v) is 9.93. The van der Waals surface area contributed by atoms with Crippen molar-refractivity contribution in [2.24, 2.45) is 0 Å². The summed E-state index contributed by atoms with van der Waals surface area (Å²) in [7, 11) is 0. The number of carbonyl (C=O) groups excluding carboxylic acids is 2. The summed E-state index contributed by atoms with van der Waals surface area (Å²) in [5, 5.41) is 0.756. The molecule has 0 fully saturated rings. The predicted molar refractivity (Wildman–Crippen MR) is 113 cm³/mol. The number of rotatable bonds is 5. The summed E-state index contributed by atoms with van der Waals surface area (Å²) in [6.45, 7) is 1.57. The number of halogens is 1. The molecular weight excluding hydrogens is 477 g/mol. The lowest BCUT2D eigenvalue weighted by molar-refractivity contribution is -0.123. The van der Waals surface area contributed by atoms with E-state index in [1.54, 1.807) is 19.1 Å². The summed E-state index contributed by atoms with van der Waals surface area (Å²) in [5.74, 6) is -0.273. The average Bonchev–Trinajstić information content (AvgIpc) is 3.08. The van der Waals surface area contributed by atoms with Crippen molar-refractivity contribution in [3.63, 3.8) is 0 Å². The second-order valence-corrected chi connectivity index (χ2v) is 7.79. The number of nitrogens with zero attached hydrogens (tertiary/aromatic N) is 1. The van der Waals surface area contributed by atoms with E-state index in [1.165, 1.54) is 11.3 Å². The number of aryl methyl sites for hydroxylation is 1. The fourth-order valence-electron chi connectivity index (χ4n) is 2.21. The van der Waals surface area contributed by atoms with Gasteiger partial charge in [0.2, 0.25) is 0 Å². The van der Waals surface area contributed by atoms with E-state index in [2.05, 4.69) is 38.4 Å². The highest BCUT2D eigenvalue weighted by atomic mass is 127. The lowest BCUT2D eigenvalue weighted by atomic mass is 10.2. The standard InChI is InChI=1S/C19H16IN3O3S/c1-12-17(27-19(21-12)13-5-3-2-4-6-13)18(25)23-22-16(24)11-26-15-9-7-14(20)8-10-15/h2-10H,11H2,1H3,(H,22,24)(H,23,25). The van der Waals surface area contributed by atoms with Gasteiger partial charge in [-0.25, -0.2) is 4.98 Å². The van der Waals surface area contributed by atoms with Crippen molar-refractivity contribution in [3.05, 3.63) is 68.7 Å². The van der Waals surface area contributed by atoms with Crippen LogP contribution in [0, 0.1) is 10.5 Å². The molecule has 2 amide bonds. The van der Waals surface area contributed by atoms with Crippen molar-refractivity contribution in [3.8, 4) is 16.3 Å². The first-order chi connectivity index (χ1) is 13.0. The van der Waals surface area contributed by atoms with Crippen molar-refractivity contribution in [2.75, 3.05) is 6.61 Å². The van der Waals surface area contributed by atoms with Gasteiger partial charge < -0.3 is 4.74 Å². The zero-order valence-electron chi connectivity index (χ0n) is 14.4. The molecule has 0 radical (unpaired) electrons. The van der Waals surface area contributed by atoms with Gasteiger partial charge >= 0.3 is 0 Å². The van der Waals surface area contributed by atoms with Gasteiger partial charge in [0, 0.05) is 9.13 Å². The van der Waals surface area contributed by atoms with Crippen LogP contribution in [0.4, 0.5) is 0 Å². The van der Waals surface area contributed by atoms with Gasteiger partial charge in [-0.15, -0.1) is 11.3 Å². The second-order valence-electron chi connectivity index (χ2n) is 5.54. The molecule has 138 valence electrons. The molecule has 0 atom stereocenters. The van der Waals surface area contributed by atoms with Gasteiger partial charge in [0.25, 0.3) is 11.8 Å². The average molecular weight is 493 g/mol. The Morgan fingerprint density at radius 3 is 2.48 bits per heavy atom. The molecule has 1 heterocycles. The number of hydrogen-bond acceptors (Lipinski definition) is 5. The summed E-state index contributed by atoms with van der Waals surface area (Å²) < 4.78 is 6.45. The van der Waals surface area contributed by atoms with Crippen LogP contribution in [-0.4, -0.2) is 23.4 Å². The molecule has 6 nitrogen and oxygen atoms in total. The maximum absolute atomic E-state index is 12.3. The monoisotopic (exact) mass is 493 g/mol. The van der Waals surface area contributed by atoms with Crippen LogP contribution in [0.3, 0.4) is 0 Å². The van der Waals surface area contributed by atoms with Crippen molar-refractivity contribution in [2.45, 2.75) is 6.92 Å². The molecule has 0 saturated heterocycles. The van der Waals surface area contributed by atoms with Crippen molar-refractivity contribution >= 4 is 45.7 Å². The van der Waals surface area contributed by atoms with Gasteiger partial charge in [-0.1, -0.05) is 30.3 Å². The smallest absolute Gasteiger partial charge is 0.281 e. The van der Waals surface area contributed by atoms with Gasteiger partial charge in [-0.05, 0) is 53.8 Å². The van der Waals surface area contributed by atoms with Gasteiger partial charge in [-0.3, -0.25) is 20.4 Å². The van der Waals surface area contributed by atoms with Crippen LogP contribution in [0.25, 0.3) is 10.6 Å². The molecule has 8 heteroatoms. The number of benzene rings is 2. The Morgan fingerprint density at radius 1 is 1.07 bits per heavy atom. The van der Waals surface area contributed by atoms with Crippen LogP contribution in [0.1, 0.15) is 15.4 Å². The van der Waals surface area contributed by atoms with E-state index < -0.39 is 11.8 Å². The molecule has 1 aromatic heterocycles. The number of hydrogen-bond donors (Lipinski definition) is 2. The second kappa shape index (κ2) is 8.96. The molecule has 27 heavy (non-hydrogen) atoms. The van der Waals surface area contributed by atoms with Crippen LogP contribution < -0.4 is 15.6 Å². The Kier molecular flexibility index (Phi) is 6.40. The number of thiazole rings is 1. The van der Waals surface area contributed by atoms with Crippen LogP contribution in [0.2, 0.25) is 0 Å². The number of aromatic nitrogens is 1. The fourth-order valence-corrected chi connectivity index (χ4v) is 3.54. The Balaban J connectivity index is 1.54. The summed E-state index contributed by atoms with van der Waals surface area (Å²) in [5.41, 5.74) is 6.31. The van der Waals surface area contributed by atoms with E-state index >= 15 is 0 Å². The van der Waals surface area contributed by atoms with Crippen molar-refractivity contribution in [1.29, 1.82) is 0 Å². The molecular formula is C19H16IN3O3S. The van der Waals surface area contributed by atoms with E-state index in [0.29, 0.717) is 16.3 Å². The minimum absolute atomic E-state index is 0.197. The highest BCUT2D eigenvalue weighted by Crippen LogP contribution is 2.27. The topological polar surface area (TPSA) is 80.3 Å². The Bertz CT molecular complexity index is 943. The SMILES string of the molecule is Cc1nc(-c2ccccc2)sc1C(=O)NNC(=O)COc1ccc(I)cc1. The van der Waals surface area contributed by atoms with Crippen molar-refractivity contribution in [1.82, 2.24) is 15.8 Å².